The summed E-state index contributed by atoms with van der Waals surface area (Å²) in [5, 5.41) is 1.85. The Morgan fingerprint density at radius 2 is 1.29 bits per heavy atom. The Bertz CT molecular complexity index is 1060. The van der Waals surface area contributed by atoms with Crippen LogP contribution in [-0.2, 0) is 27.4 Å². The molecule has 0 aliphatic carbocycles. The van der Waals surface area contributed by atoms with Crippen molar-refractivity contribution in [2.24, 2.45) is 5.92 Å². The predicted octanol–water partition coefficient (Wildman–Crippen LogP) is 3.99. The fraction of sp³-hybridized carbons (Fsp3) is 0.231. The molecule has 156 valence electrons. The molecule has 2 heterocycles. The van der Waals surface area contributed by atoms with Crippen molar-refractivity contribution in [1.82, 2.24) is 5.06 Å². The lowest BCUT2D eigenvalue weighted by molar-refractivity contribution is -0.177. The first kappa shape index (κ1) is 19.7. The SMILES string of the molecule is O=C1[C@@H]2[C@@H](ON(Cc3ccccc3)[C@H]2CCc2ccccc2)C(=O)N1c1ccccc1. The highest BCUT2D eigenvalue weighted by Crippen LogP contribution is 2.40. The van der Waals surface area contributed by atoms with Crippen molar-refractivity contribution in [2.75, 3.05) is 4.90 Å². The van der Waals surface area contributed by atoms with Gasteiger partial charge in [-0.15, -0.1) is 0 Å². The zero-order valence-corrected chi connectivity index (χ0v) is 17.1. The minimum atomic E-state index is -0.766. The summed E-state index contributed by atoms with van der Waals surface area (Å²) in [6.45, 7) is 0.541. The molecular formula is C26H24N2O3. The molecule has 31 heavy (non-hydrogen) atoms. The zero-order chi connectivity index (χ0) is 21.2. The van der Waals surface area contributed by atoms with E-state index in [4.69, 9.17) is 4.84 Å². The molecule has 0 bridgehead atoms. The third-order valence-corrected chi connectivity index (χ3v) is 6.10. The average molecular weight is 412 g/mol. The van der Waals surface area contributed by atoms with Crippen molar-refractivity contribution >= 4 is 17.5 Å². The molecule has 0 unspecified atom stereocenters. The molecule has 0 aromatic heterocycles. The molecule has 2 amide bonds. The number of hydrogen-bond acceptors (Lipinski definition) is 4. The van der Waals surface area contributed by atoms with Gasteiger partial charge < -0.3 is 0 Å². The van der Waals surface area contributed by atoms with E-state index in [1.807, 2.05) is 71.8 Å². The van der Waals surface area contributed by atoms with Crippen molar-refractivity contribution < 1.29 is 14.4 Å². The van der Waals surface area contributed by atoms with Crippen LogP contribution in [0.4, 0.5) is 5.69 Å². The highest BCUT2D eigenvalue weighted by atomic mass is 16.7. The Morgan fingerprint density at radius 3 is 1.94 bits per heavy atom. The molecule has 0 saturated carbocycles. The monoisotopic (exact) mass is 412 g/mol. The Balaban J connectivity index is 1.42. The molecular weight excluding hydrogens is 388 g/mol. The molecule has 5 rings (SSSR count). The van der Waals surface area contributed by atoms with E-state index in [2.05, 4.69) is 12.1 Å². The summed E-state index contributed by atoms with van der Waals surface area (Å²) >= 11 is 0. The number of carbonyl (C=O) groups excluding carboxylic acids is 2. The molecule has 5 nitrogen and oxygen atoms in total. The van der Waals surface area contributed by atoms with Crippen LogP contribution >= 0.6 is 0 Å². The Morgan fingerprint density at radius 1 is 0.710 bits per heavy atom. The van der Waals surface area contributed by atoms with Gasteiger partial charge in [0.25, 0.3) is 5.91 Å². The number of amides is 2. The number of hydrogen-bond donors (Lipinski definition) is 0. The number of nitrogens with zero attached hydrogens (tertiary/aromatic N) is 2. The minimum absolute atomic E-state index is 0.171. The van der Waals surface area contributed by atoms with E-state index in [1.54, 1.807) is 12.1 Å². The van der Waals surface area contributed by atoms with Gasteiger partial charge in [0.2, 0.25) is 5.91 Å². The van der Waals surface area contributed by atoms with Gasteiger partial charge in [0.15, 0.2) is 6.10 Å². The maximum absolute atomic E-state index is 13.4. The van der Waals surface area contributed by atoms with E-state index >= 15 is 0 Å². The summed E-state index contributed by atoms with van der Waals surface area (Å²) in [6.07, 6.45) is 0.785. The van der Waals surface area contributed by atoms with E-state index < -0.39 is 12.0 Å². The van der Waals surface area contributed by atoms with E-state index in [-0.39, 0.29) is 17.9 Å². The van der Waals surface area contributed by atoms with Crippen LogP contribution < -0.4 is 4.90 Å². The largest absolute Gasteiger partial charge is 0.284 e. The van der Waals surface area contributed by atoms with Gasteiger partial charge in [0, 0.05) is 6.54 Å². The molecule has 2 aliphatic rings. The lowest BCUT2D eigenvalue weighted by atomic mass is 9.91. The summed E-state index contributed by atoms with van der Waals surface area (Å²) in [5.41, 5.74) is 2.90. The first-order chi connectivity index (χ1) is 15.2. The molecule has 2 fully saturated rings. The Labute approximate surface area is 181 Å². The Hall–Kier alpha value is -3.28. The van der Waals surface area contributed by atoms with Crippen LogP contribution in [0.5, 0.6) is 0 Å². The van der Waals surface area contributed by atoms with Gasteiger partial charge in [0.05, 0.1) is 17.6 Å². The van der Waals surface area contributed by atoms with Crippen molar-refractivity contribution in [2.45, 2.75) is 31.5 Å². The summed E-state index contributed by atoms with van der Waals surface area (Å²) in [7, 11) is 0. The molecule has 2 aliphatic heterocycles. The first-order valence-corrected chi connectivity index (χ1v) is 10.7. The second-order valence-corrected chi connectivity index (χ2v) is 8.05. The van der Waals surface area contributed by atoms with Crippen molar-refractivity contribution in [1.29, 1.82) is 0 Å². The third kappa shape index (κ3) is 3.78. The smallest absolute Gasteiger partial charge is 0.265 e. The lowest BCUT2D eigenvalue weighted by Crippen LogP contribution is -2.40. The van der Waals surface area contributed by atoms with Gasteiger partial charge >= 0.3 is 0 Å². The van der Waals surface area contributed by atoms with Crippen LogP contribution in [0.1, 0.15) is 17.5 Å². The quantitative estimate of drug-likeness (QED) is 0.575. The molecule has 3 atom stereocenters. The highest BCUT2D eigenvalue weighted by Gasteiger charge is 2.59. The summed E-state index contributed by atoms with van der Waals surface area (Å²) in [5.74, 6) is -0.948. The van der Waals surface area contributed by atoms with Crippen LogP contribution in [0, 0.1) is 5.92 Å². The molecule has 3 aromatic rings. The number of rotatable bonds is 6. The van der Waals surface area contributed by atoms with Crippen LogP contribution in [0.3, 0.4) is 0 Å². The van der Waals surface area contributed by atoms with Gasteiger partial charge in [-0.2, -0.15) is 5.06 Å². The molecule has 2 saturated heterocycles. The van der Waals surface area contributed by atoms with Gasteiger partial charge in [-0.05, 0) is 36.1 Å². The lowest BCUT2D eigenvalue weighted by Gasteiger charge is -2.27. The summed E-state index contributed by atoms with van der Waals surface area (Å²) < 4.78 is 0. The maximum atomic E-state index is 13.4. The number of hydroxylamine groups is 2. The topological polar surface area (TPSA) is 49.9 Å². The van der Waals surface area contributed by atoms with Gasteiger partial charge in [-0.3, -0.25) is 14.4 Å². The molecule has 0 spiro atoms. The van der Waals surface area contributed by atoms with Crippen LogP contribution in [0.15, 0.2) is 91.0 Å². The number of imide groups is 1. The maximum Gasteiger partial charge on any atom is 0.265 e. The van der Waals surface area contributed by atoms with Crippen LogP contribution in [0.2, 0.25) is 0 Å². The first-order valence-electron chi connectivity index (χ1n) is 10.7. The summed E-state index contributed by atoms with van der Waals surface area (Å²) in [4.78, 5) is 34.0. The molecule has 0 radical (unpaired) electrons. The van der Waals surface area contributed by atoms with Crippen LogP contribution in [0.25, 0.3) is 0 Å². The van der Waals surface area contributed by atoms with Crippen LogP contribution in [-0.4, -0.2) is 29.0 Å². The van der Waals surface area contributed by atoms with Gasteiger partial charge in [0.1, 0.15) is 0 Å². The van der Waals surface area contributed by atoms with Gasteiger partial charge in [-0.25, -0.2) is 4.90 Å². The number of aryl methyl sites for hydroxylation is 1. The number of anilines is 1. The normalized spacial score (nSPS) is 23.4. The molecule has 0 N–H and O–H groups in total. The van der Waals surface area contributed by atoms with E-state index in [9.17, 15) is 9.59 Å². The van der Waals surface area contributed by atoms with Gasteiger partial charge in [-0.1, -0.05) is 78.9 Å². The standard InChI is InChI=1S/C26H24N2O3/c29-25-23-22(17-16-19-10-4-1-5-11-19)27(18-20-12-6-2-7-13-20)31-24(23)26(30)28(25)21-14-8-3-9-15-21/h1-15,22-24H,16-18H2/t22-,23-,24+/m0/s1. The zero-order valence-electron chi connectivity index (χ0n) is 17.1. The number of para-hydroxylation sites is 1. The second kappa shape index (κ2) is 8.46. The van der Waals surface area contributed by atoms with Crippen molar-refractivity contribution in [3.05, 3.63) is 102 Å². The molecule has 3 aromatic carbocycles. The van der Waals surface area contributed by atoms with Crippen molar-refractivity contribution in [3.63, 3.8) is 0 Å². The Kier molecular flexibility index (Phi) is 5.37. The highest BCUT2D eigenvalue weighted by molar-refractivity contribution is 6.23. The summed E-state index contributed by atoms with van der Waals surface area (Å²) in [6, 6.07) is 29.2. The second-order valence-electron chi connectivity index (χ2n) is 8.05. The number of fused-ring (bicyclic) bond motifs is 1. The van der Waals surface area contributed by atoms with E-state index in [0.717, 1.165) is 18.4 Å². The fourth-order valence-electron chi connectivity index (χ4n) is 4.58. The minimum Gasteiger partial charge on any atom is -0.284 e. The van der Waals surface area contributed by atoms with E-state index in [1.165, 1.54) is 10.5 Å². The number of carbonyl (C=O) groups is 2. The third-order valence-electron chi connectivity index (χ3n) is 6.10. The van der Waals surface area contributed by atoms with E-state index in [0.29, 0.717) is 12.2 Å². The predicted molar refractivity (Wildman–Crippen MR) is 118 cm³/mol. The fourth-order valence-corrected chi connectivity index (χ4v) is 4.58. The van der Waals surface area contributed by atoms with Crippen molar-refractivity contribution in [3.8, 4) is 0 Å². The molecule has 5 heteroatoms. The average Bonchev–Trinajstić information content (AvgIpc) is 3.28. The number of benzene rings is 3.